The van der Waals surface area contributed by atoms with Crippen molar-refractivity contribution in [2.75, 3.05) is 4.72 Å². The first-order chi connectivity index (χ1) is 9.45. The van der Waals surface area contributed by atoms with Gasteiger partial charge in [0.2, 0.25) is 0 Å². The number of aromatic amines is 1. The molecule has 0 fully saturated rings. The molecule has 2 aromatic heterocycles. The number of hydrogen-bond acceptors (Lipinski definition) is 5. The van der Waals surface area contributed by atoms with Gasteiger partial charge in [0.25, 0.3) is 10.0 Å². The average Bonchev–Trinajstić information content (AvgIpc) is 2.98. The van der Waals surface area contributed by atoms with E-state index >= 15 is 0 Å². The molecule has 104 valence electrons. The Hall–Kier alpha value is -1.77. The molecule has 6 nitrogen and oxygen atoms in total. The van der Waals surface area contributed by atoms with Crippen molar-refractivity contribution in [2.24, 2.45) is 0 Å². The summed E-state index contributed by atoms with van der Waals surface area (Å²) < 4.78 is 31.6. The lowest BCUT2D eigenvalue weighted by molar-refractivity contribution is 0.555. The zero-order valence-electron chi connectivity index (χ0n) is 9.71. The van der Waals surface area contributed by atoms with Gasteiger partial charge in [0.1, 0.15) is 4.21 Å². The Morgan fingerprint density at radius 1 is 1.35 bits per heavy atom. The normalized spacial score (nSPS) is 11.8. The van der Waals surface area contributed by atoms with E-state index in [1.165, 1.54) is 18.2 Å². The van der Waals surface area contributed by atoms with E-state index in [0.717, 1.165) is 11.3 Å². The quantitative estimate of drug-likeness (QED) is 0.772. The van der Waals surface area contributed by atoms with Crippen LogP contribution in [0, 0.1) is 0 Å². The maximum atomic E-state index is 12.1. The van der Waals surface area contributed by atoms with E-state index in [0.29, 0.717) is 5.52 Å². The van der Waals surface area contributed by atoms with Gasteiger partial charge in [-0.3, -0.25) is 9.71 Å². The highest BCUT2D eigenvalue weighted by Gasteiger charge is 2.18. The molecule has 0 saturated carbocycles. The topological polar surface area (TPSA) is 92.2 Å². The molecule has 0 aliphatic heterocycles. The Kier molecular flexibility index (Phi) is 3.08. The van der Waals surface area contributed by atoms with Gasteiger partial charge in [-0.25, -0.2) is 13.2 Å². The Morgan fingerprint density at radius 3 is 2.85 bits per heavy atom. The van der Waals surface area contributed by atoms with Crippen LogP contribution < -0.4 is 10.5 Å². The van der Waals surface area contributed by atoms with Crippen molar-refractivity contribution in [3.05, 3.63) is 45.2 Å². The lowest BCUT2D eigenvalue weighted by atomic mass is 10.3. The van der Waals surface area contributed by atoms with E-state index in [4.69, 9.17) is 16.0 Å². The molecule has 20 heavy (non-hydrogen) atoms. The molecule has 0 unspecified atom stereocenters. The number of aromatic nitrogens is 1. The smallest absolute Gasteiger partial charge is 0.408 e. The minimum absolute atomic E-state index is 0.148. The molecule has 3 aromatic rings. The van der Waals surface area contributed by atoms with Crippen molar-refractivity contribution in [1.29, 1.82) is 0 Å². The second-order valence-corrected chi connectivity index (χ2v) is 7.14. The maximum absolute atomic E-state index is 12.1. The van der Waals surface area contributed by atoms with Crippen LogP contribution >= 0.6 is 22.9 Å². The second-order valence-electron chi connectivity index (χ2n) is 3.88. The molecule has 0 spiro atoms. The summed E-state index contributed by atoms with van der Waals surface area (Å²) in [6.45, 7) is 0. The van der Waals surface area contributed by atoms with Crippen LogP contribution in [0.1, 0.15) is 0 Å². The fourth-order valence-corrected chi connectivity index (χ4v) is 3.99. The van der Waals surface area contributed by atoms with Gasteiger partial charge in [0, 0.05) is 6.07 Å². The molecule has 0 amide bonds. The Morgan fingerprint density at radius 2 is 2.15 bits per heavy atom. The molecule has 9 heteroatoms. The van der Waals surface area contributed by atoms with Crippen molar-refractivity contribution < 1.29 is 12.8 Å². The molecular formula is C11H7ClN2O4S2. The van der Waals surface area contributed by atoms with Gasteiger partial charge < -0.3 is 4.42 Å². The van der Waals surface area contributed by atoms with Crippen LogP contribution in [0.15, 0.2) is 43.1 Å². The highest BCUT2D eigenvalue weighted by Crippen LogP contribution is 2.29. The predicted molar refractivity (Wildman–Crippen MR) is 77.0 cm³/mol. The summed E-state index contributed by atoms with van der Waals surface area (Å²) in [5.41, 5.74) is 0.776. The number of halogens is 1. The van der Waals surface area contributed by atoms with Gasteiger partial charge in [-0.05, 0) is 17.5 Å². The minimum Gasteiger partial charge on any atom is -0.408 e. The molecule has 3 rings (SSSR count). The number of thiophene rings is 1. The molecular weight excluding hydrogens is 324 g/mol. The third-order valence-corrected chi connectivity index (χ3v) is 5.59. The molecule has 2 heterocycles. The predicted octanol–water partition coefficient (Wildman–Crippen LogP) is 2.64. The second kappa shape index (κ2) is 4.65. The molecule has 0 saturated heterocycles. The molecule has 0 aliphatic carbocycles. The van der Waals surface area contributed by atoms with E-state index in [-0.39, 0.29) is 20.5 Å². The summed E-state index contributed by atoms with van der Waals surface area (Å²) >= 11 is 7.08. The molecule has 0 bridgehead atoms. The number of rotatable bonds is 3. The largest absolute Gasteiger partial charge is 0.417 e. The van der Waals surface area contributed by atoms with Crippen molar-refractivity contribution >= 4 is 49.7 Å². The molecule has 0 atom stereocenters. The Labute approximate surface area is 122 Å². The van der Waals surface area contributed by atoms with Crippen LogP contribution in [0.2, 0.25) is 5.02 Å². The minimum atomic E-state index is -3.70. The van der Waals surface area contributed by atoms with E-state index < -0.39 is 15.8 Å². The van der Waals surface area contributed by atoms with Crippen LogP contribution in [-0.2, 0) is 10.0 Å². The lowest BCUT2D eigenvalue weighted by Gasteiger charge is -2.07. The van der Waals surface area contributed by atoms with Gasteiger partial charge in [0.15, 0.2) is 5.58 Å². The molecule has 0 radical (unpaired) electrons. The van der Waals surface area contributed by atoms with Crippen LogP contribution in [0.25, 0.3) is 11.1 Å². The third kappa shape index (κ3) is 2.33. The molecule has 1 aromatic carbocycles. The van der Waals surface area contributed by atoms with E-state index in [1.807, 2.05) is 0 Å². The lowest BCUT2D eigenvalue weighted by Crippen LogP contribution is -2.11. The zero-order valence-corrected chi connectivity index (χ0v) is 12.1. The van der Waals surface area contributed by atoms with Crippen molar-refractivity contribution in [1.82, 2.24) is 4.98 Å². The number of H-pyrrole nitrogens is 1. The number of benzene rings is 1. The van der Waals surface area contributed by atoms with Crippen molar-refractivity contribution in [3.8, 4) is 0 Å². The van der Waals surface area contributed by atoms with Gasteiger partial charge in [0.05, 0.1) is 16.2 Å². The van der Waals surface area contributed by atoms with E-state index in [9.17, 15) is 13.2 Å². The van der Waals surface area contributed by atoms with Crippen LogP contribution in [0.5, 0.6) is 0 Å². The van der Waals surface area contributed by atoms with E-state index in [1.54, 1.807) is 11.4 Å². The fraction of sp³-hybridized carbons (Fsp3) is 0. The number of sulfonamides is 1. The maximum Gasteiger partial charge on any atom is 0.417 e. The third-order valence-electron chi connectivity index (χ3n) is 2.51. The Balaban J connectivity index is 2.07. The first-order valence-electron chi connectivity index (χ1n) is 5.34. The van der Waals surface area contributed by atoms with Crippen LogP contribution in [0.3, 0.4) is 0 Å². The summed E-state index contributed by atoms with van der Waals surface area (Å²) in [5, 5.41) is 1.82. The Bertz CT molecular complexity index is 925. The number of fused-ring (bicyclic) bond motifs is 1. The van der Waals surface area contributed by atoms with E-state index in [2.05, 4.69) is 9.71 Å². The molecule has 0 aliphatic rings. The first-order valence-corrected chi connectivity index (χ1v) is 8.08. The highest BCUT2D eigenvalue weighted by molar-refractivity contribution is 7.94. The SMILES string of the molecule is O=c1[nH]c2cc(Cl)c(NS(=O)(=O)c3cccs3)cc2o1. The summed E-state index contributed by atoms with van der Waals surface area (Å²) in [4.78, 5) is 13.5. The average molecular weight is 331 g/mol. The van der Waals surface area contributed by atoms with Gasteiger partial charge in [-0.15, -0.1) is 11.3 Å². The van der Waals surface area contributed by atoms with Crippen molar-refractivity contribution in [3.63, 3.8) is 0 Å². The fourth-order valence-electron chi connectivity index (χ4n) is 1.66. The highest BCUT2D eigenvalue weighted by atomic mass is 35.5. The summed E-state index contributed by atoms with van der Waals surface area (Å²) in [6, 6.07) is 5.90. The zero-order chi connectivity index (χ0) is 14.3. The monoisotopic (exact) mass is 330 g/mol. The number of nitrogens with one attached hydrogen (secondary N) is 2. The number of oxazole rings is 1. The van der Waals surface area contributed by atoms with Gasteiger partial charge in [-0.1, -0.05) is 17.7 Å². The van der Waals surface area contributed by atoms with Gasteiger partial charge in [-0.2, -0.15) is 0 Å². The van der Waals surface area contributed by atoms with Gasteiger partial charge >= 0.3 is 5.76 Å². The first kappa shape index (κ1) is 13.2. The summed E-state index contributed by atoms with van der Waals surface area (Å²) in [5.74, 6) is -0.630. The van der Waals surface area contributed by atoms with Crippen LogP contribution in [-0.4, -0.2) is 13.4 Å². The van der Waals surface area contributed by atoms with Crippen LogP contribution in [0.4, 0.5) is 5.69 Å². The summed E-state index contributed by atoms with van der Waals surface area (Å²) in [7, 11) is -3.70. The summed E-state index contributed by atoms with van der Waals surface area (Å²) in [6.07, 6.45) is 0. The standard InChI is InChI=1S/C11H7ClN2O4S2/c12-6-4-8-9(18-11(15)13-8)5-7(6)14-20(16,17)10-2-1-3-19-10/h1-5,14H,(H,13,15). The number of hydrogen-bond donors (Lipinski definition) is 2. The van der Waals surface area contributed by atoms with Crippen molar-refractivity contribution in [2.45, 2.75) is 4.21 Å². The number of anilines is 1. The molecule has 2 N–H and O–H groups in total.